The first-order valence-corrected chi connectivity index (χ1v) is 7.42. The van der Waals surface area contributed by atoms with Crippen LogP contribution < -0.4 is 18.9 Å². The summed E-state index contributed by atoms with van der Waals surface area (Å²) in [6.07, 6.45) is 0. The zero-order chi connectivity index (χ0) is 16.8. The van der Waals surface area contributed by atoms with Gasteiger partial charge in [0.05, 0.1) is 29.2 Å². The summed E-state index contributed by atoms with van der Waals surface area (Å²) >= 11 is 0. The number of hydrogen-bond donors (Lipinski definition) is 3. The maximum absolute atomic E-state index is 11.7. The molecule has 0 aliphatic heterocycles. The molecular formula is C12H15LiO9S. The largest absolute Gasteiger partial charge is 1.00 e. The van der Waals surface area contributed by atoms with Crippen LogP contribution in [0.25, 0.3) is 0 Å². The molecule has 0 heterocycles. The molecule has 0 spiro atoms. The van der Waals surface area contributed by atoms with Crippen LogP contribution in [0.1, 0.15) is 22.1 Å². The molecule has 0 aliphatic rings. The molecule has 9 nitrogen and oxygen atoms in total. The summed E-state index contributed by atoms with van der Waals surface area (Å²) in [6.45, 7) is -1.51. The van der Waals surface area contributed by atoms with Crippen molar-refractivity contribution in [1.29, 1.82) is 0 Å². The van der Waals surface area contributed by atoms with E-state index in [1.165, 1.54) is 0 Å². The number of aliphatic hydroxyl groups excluding tert-OH is 2. The molecule has 0 bridgehead atoms. The fraction of sp³-hybridized carbons (Fsp3) is 0.333. The summed E-state index contributed by atoms with van der Waals surface area (Å²) in [6, 6.07) is 2.64. The third-order valence-corrected chi connectivity index (χ3v) is 3.16. The molecule has 11 heteroatoms. The monoisotopic (exact) mass is 342 g/mol. The first kappa shape index (κ1) is 21.6. The molecule has 0 fully saturated rings. The van der Waals surface area contributed by atoms with Gasteiger partial charge in [-0.3, -0.25) is 4.55 Å². The topological polar surface area (TPSA) is 147 Å². The van der Waals surface area contributed by atoms with Crippen LogP contribution >= 0.6 is 0 Å². The number of carbonyl (C=O) groups is 2. The Labute approximate surface area is 145 Å². The van der Waals surface area contributed by atoms with Crippen LogP contribution in [0.4, 0.5) is 0 Å². The van der Waals surface area contributed by atoms with Crippen molar-refractivity contribution in [3.63, 3.8) is 0 Å². The van der Waals surface area contributed by atoms with Gasteiger partial charge in [-0.1, -0.05) is 0 Å². The van der Waals surface area contributed by atoms with Crippen molar-refractivity contribution in [2.75, 3.05) is 26.4 Å². The quantitative estimate of drug-likeness (QED) is 0.259. The number of ether oxygens (including phenoxy) is 2. The Hall–Kier alpha value is -1.41. The molecule has 0 unspecified atom stereocenters. The molecule has 3 N–H and O–H groups in total. The SMILES string of the molecule is O=C(OCCO)c1cc(C(=O)OCCO)cc(S(=O)(=O)O)c1.[H-].[Li+]. The second-order valence-electron chi connectivity index (χ2n) is 3.94. The fourth-order valence-electron chi connectivity index (χ4n) is 1.43. The summed E-state index contributed by atoms with van der Waals surface area (Å²) in [5.74, 6) is -1.98. The van der Waals surface area contributed by atoms with E-state index in [9.17, 15) is 18.0 Å². The molecule has 1 aromatic rings. The van der Waals surface area contributed by atoms with Crippen LogP contribution in [0, 0.1) is 0 Å². The number of hydrogen-bond acceptors (Lipinski definition) is 8. The molecule has 0 aromatic heterocycles. The summed E-state index contributed by atoms with van der Waals surface area (Å²) in [4.78, 5) is 22.6. The molecule has 0 aliphatic carbocycles. The second-order valence-corrected chi connectivity index (χ2v) is 5.36. The summed E-state index contributed by atoms with van der Waals surface area (Å²) in [7, 11) is -4.67. The molecule has 0 saturated carbocycles. The molecular weight excluding hydrogens is 327 g/mol. The van der Waals surface area contributed by atoms with E-state index in [4.69, 9.17) is 14.8 Å². The van der Waals surface area contributed by atoms with Crippen LogP contribution in [0.2, 0.25) is 0 Å². The van der Waals surface area contributed by atoms with Gasteiger partial charge in [0.15, 0.2) is 0 Å². The third-order valence-electron chi connectivity index (χ3n) is 2.32. The molecule has 23 heavy (non-hydrogen) atoms. The van der Waals surface area contributed by atoms with Crippen molar-refractivity contribution in [1.82, 2.24) is 0 Å². The standard InChI is InChI=1S/C12H14O9S.Li.H/c13-1-3-20-11(15)8-5-9(12(16)21-4-2-14)7-10(6-8)22(17,18)19;;/h5-7,13-14H,1-4H2,(H,17,18,19);;/q;+1;-1. The van der Waals surface area contributed by atoms with Gasteiger partial charge in [0.2, 0.25) is 0 Å². The van der Waals surface area contributed by atoms with Crippen molar-refractivity contribution < 1.29 is 62.5 Å². The maximum Gasteiger partial charge on any atom is 1.00 e. The molecule has 1 aromatic carbocycles. The van der Waals surface area contributed by atoms with Gasteiger partial charge in [-0.2, -0.15) is 8.42 Å². The van der Waals surface area contributed by atoms with Crippen molar-refractivity contribution in [3.05, 3.63) is 29.3 Å². The first-order valence-electron chi connectivity index (χ1n) is 5.98. The maximum atomic E-state index is 11.7. The smallest absolute Gasteiger partial charge is 1.00 e. The predicted molar refractivity (Wildman–Crippen MR) is 72.1 cm³/mol. The molecule has 0 radical (unpaired) electrons. The van der Waals surface area contributed by atoms with Gasteiger partial charge in [0, 0.05) is 0 Å². The van der Waals surface area contributed by atoms with E-state index in [1.807, 2.05) is 0 Å². The minimum atomic E-state index is -4.67. The van der Waals surface area contributed by atoms with Crippen LogP contribution in [-0.2, 0) is 19.6 Å². The van der Waals surface area contributed by atoms with Gasteiger partial charge in [-0.05, 0) is 18.2 Å². The number of benzene rings is 1. The van der Waals surface area contributed by atoms with Gasteiger partial charge >= 0.3 is 30.8 Å². The number of carbonyl (C=O) groups excluding carboxylic acids is 2. The Bertz CT molecular complexity index is 624. The van der Waals surface area contributed by atoms with Crippen LogP contribution in [0.3, 0.4) is 0 Å². The number of esters is 2. The molecule has 1 rings (SSSR count). The molecule has 0 amide bonds. The predicted octanol–water partition coefficient (Wildman–Crippen LogP) is -3.65. The average molecular weight is 342 g/mol. The third kappa shape index (κ3) is 6.70. The second kappa shape index (κ2) is 9.67. The van der Waals surface area contributed by atoms with Crippen molar-refractivity contribution in [2.45, 2.75) is 4.90 Å². The summed E-state index contributed by atoms with van der Waals surface area (Å²) in [5.41, 5.74) is -0.640. The summed E-state index contributed by atoms with van der Waals surface area (Å²) < 4.78 is 40.6. The first-order chi connectivity index (χ1) is 10.3. The normalized spacial score (nSPS) is 10.6. The van der Waals surface area contributed by atoms with Gasteiger partial charge < -0.3 is 21.1 Å². The van der Waals surface area contributed by atoms with Crippen molar-refractivity contribution in [3.8, 4) is 0 Å². The minimum Gasteiger partial charge on any atom is -1.00 e. The summed E-state index contributed by atoms with van der Waals surface area (Å²) in [5, 5.41) is 17.1. The zero-order valence-electron chi connectivity index (χ0n) is 13.3. The molecule has 124 valence electrons. The van der Waals surface area contributed by atoms with Gasteiger partial charge in [0.1, 0.15) is 13.2 Å². The van der Waals surface area contributed by atoms with E-state index in [0.717, 1.165) is 18.2 Å². The van der Waals surface area contributed by atoms with Crippen molar-refractivity contribution in [2.24, 2.45) is 0 Å². The Morgan fingerprint density at radius 3 is 1.65 bits per heavy atom. The zero-order valence-corrected chi connectivity index (χ0v) is 13.1. The van der Waals surface area contributed by atoms with Crippen LogP contribution in [-0.4, -0.2) is 61.5 Å². The Morgan fingerprint density at radius 1 is 0.957 bits per heavy atom. The molecule has 0 atom stereocenters. The van der Waals surface area contributed by atoms with Gasteiger partial charge in [0.25, 0.3) is 10.1 Å². The Kier molecular flexibility index (Phi) is 9.07. The minimum absolute atomic E-state index is 0. The van der Waals surface area contributed by atoms with Crippen molar-refractivity contribution >= 4 is 22.1 Å². The number of rotatable bonds is 7. The van der Waals surface area contributed by atoms with Gasteiger partial charge in [-0.15, -0.1) is 0 Å². The number of aliphatic hydroxyl groups is 2. The van der Waals surface area contributed by atoms with E-state index >= 15 is 0 Å². The fourth-order valence-corrected chi connectivity index (χ4v) is 1.98. The van der Waals surface area contributed by atoms with E-state index < -0.39 is 40.2 Å². The Balaban J connectivity index is 0. The van der Waals surface area contributed by atoms with E-state index in [1.54, 1.807) is 0 Å². The molecule has 0 saturated heterocycles. The van der Waals surface area contributed by atoms with Crippen LogP contribution in [0.15, 0.2) is 23.1 Å². The van der Waals surface area contributed by atoms with E-state index in [0.29, 0.717) is 0 Å². The van der Waals surface area contributed by atoms with E-state index in [-0.39, 0.29) is 44.6 Å². The Morgan fingerprint density at radius 2 is 1.35 bits per heavy atom. The van der Waals surface area contributed by atoms with Crippen LogP contribution in [0.5, 0.6) is 0 Å². The average Bonchev–Trinajstić information content (AvgIpc) is 2.48. The van der Waals surface area contributed by atoms with Gasteiger partial charge in [-0.25, -0.2) is 9.59 Å². The van der Waals surface area contributed by atoms with E-state index in [2.05, 4.69) is 9.47 Å².